The van der Waals surface area contributed by atoms with Crippen LogP contribution in [0.3, 0.4) is 0 Å². The van der Waals surface area contributed by atoms with Crippen molar-refractivity contribution in [2.24, 2.45) is 5.73 Å². The van der Waals surface area contributed by atoms with Gasteiger partial charge in [-0.1, -0.05) is 23.7 Å². The number of nitrogens with one attached hydrogen (secondary N) is 1. The Bertz CT molecular complexity index is 927. The molecule has 7 heteroatoms. The van der Waals surface area contributed by atoms with E-state index in [1.807, 2.05) is 0 Å². The SMILES string of the molecule is NC(=O)c1cccc(NC(=O)c2ccc(Cl)c3ncccc23)n1. The molecule has 1 aromatic carbocycles. The van der Waals surface area contributed by atoms with Crippen molar-refractivity contribution in [1.82, 2.24) is 9.97 Å². The van der Waals surface area contributed by atoms with E-state index in [0.717, 1.165) is 0 Å². The van der Waals surface area contributed by atoms with Crippen LogP contribution in [0.25, 0.3) is 10.9 Å². The topological polar surface area (TPSA) is 98.0 Å². The lowest BCUT2D eigenvalue weighted by Crippen LogP contribution is -2.17. The smallest absolute Gasteiger partial charge is 0.267 e. The minimum atomic E-state index is -0.665. The van der Waals surface area contributed by atoms with Crippen LogP contribution in [0.1, 0.15) is 20.8 Å². The number of hydrogen-bond donors (Lipinski definition) is 2. The summed E-state index contributed by atoms with van der Waals surface area (Å²) in [5.41, 5.74) is 6.20. The van der Waals surface area contributed by atoms with Gasteiger partial charge in [0.15, 0.2) is 0 Å². The molecule has 23 heavy (non-hydrogen) atoms. The van der Waals surface area contributed by atoms with Gasteiger partial charge in [0.1, 0.15) is 11.5 Å². The highest BCUT2D eigenvalue weighted by atomic mass is 35.5. The minimum Gasteiger partial charge on any atom is -0.364 e. The van der Waals surface area contributed by atoms with Gasteiger partial charge in [0.25, 0.3) is 11.8 Å². The summed E-state index contributed by atoms with van der Waals surface area (Å²) in [7, 11) is 0. The summed E-state index contributed by atoms with van der Waals surface area (Å²) in [5, 5.41) is 3.73. The molecule has 3 rings (SSSR count). The summed E-state index contributed by atoms with van der Waals surface area (Å²) >= 11 is 6.09. The fraction of sp³-hybridized carbons (Fsp3) is 0. The third-order valence-corrected chi connectivity index (χ3v) is 3.51. The third-order valence-electron chi connectivity index (χ3n) is 3.21. The van der Waals surface area contributed by atoms with Gasteiger partial charge in [-0.2, -0.15) is 0 Å². The highest BCUT2D eigenvalue weighted by Crippen LogP contribution is 2.25. The molecular formula is C16H11ClN4O2. The Hall–Kier alpha value is -2.99. The first-order valence-corrected chi connectivity index (χ1v) is 7.05. The zero-order valence-electron chi connectivity index (χ0n) is 11.8. The minimum absolute atomic E-state index is 0.0745. The molecule has 0 unspecified atom stereocenters. The van der Waals surface area contributed by atoms with Gasteiger partial charge in [0.05, 0.1) is 10.5 Å². The Balaban J connectivity index is 1.97. The first-order chi connectivity index (χ1) is 11.1. The van der Waals surface area contributed by atoms with Crippen LogP contribution in [0.5, 0.6) is 0 Å². The van der Waals surface area contributed by atoms with Gasteiger partial charge in [0.2, 0.25) is 0 Å². The molecule has 3 aromatic rings. The van der Waals surface area contributed by atoms with Crippen LogP contribution >= 0.6 is 11.6 Å². The van der Waals surface area contributed by atoms with E-state index in [1.165, 1.54) is 6.07 Å². The van der Waals surface area contributed by atoms with Crippen molar-refractivity contribution in [2.45, 2.75) is 0 Å². The van der Waals surface area contributed by atoms with Gasteiger partial charge in [-0.05, 0) is 30.3 Å². The van der Waals surface area contributed by atoms with Crippen LogP contribution in [-0.2, 0) is 0 Å². The van der Waals surface area contributed by atoms with E-state index in [0.29, 0.717) is 21.5 Å². The maximum Gasteiger partial charge on any atom is 0.267 e. The zero-order chi connectivity index (χ0) is 16.4. The molecule has 2 aromatic heterocycles. The van der Waals surface area contributed by atoms with Crippen molar-refractivity contribution in [3.8, 4) is 0 Å². The lowest BCUT2D eigenvalue weighted by atomic mass is 10.1. The number of anilines is 1. The van der Waals surface area contributed by atoms with Gasteiger partial charge in [-0.15, -0.1) is 0 Å². The lowest BCUT2D eigenvalue weighted by Gasteiger charge is -2.08. The fourth-order valence-corrected chi connectivity index (χ4v) is 2.37. The molecule has 3 N–H and O–H groups in total. The Morgan fingerprint density at radius 2 is 1.91 bits per heavy atom. The molecule has 0 aliphatic heterocycles. The summed E-state index contributed by atoms with van der Waals surface area (Å²) < 4.78 is 0. The number of benzene rings is 1. The van der Waals surface area contributed by atoms with Crippen molar-refractivity contribution < 1.29 is 9.59 Å². The van der Waals surface area contributed by atoms with Gasteiger partial charge in [-0.3, -0.25) is 14.6 Å². The highest BCUT2D eigenvalue weighted by Gasteiger charge is 2.14. The number of carbonyl (C=O) groups excluding carboxylic acids is 2. The number of hydrogen-bond acceptors (Lipinski definition) is 4. The molecule has 2 heterocycles. The Kier molecular flexibility index (Phi) is 3.91. The Morgan fingerprint density at radius 1 is 1.09 bits per heavy atom. The predicted octanol–water partition coefficient (Wildman–Crippen LogP) is 2.63. The number of halogens is 1. The number of carbonyl (C=O) groups is 2. The van der Waals surface area contributed by atoms with Crippen LogP contribution < -0.4 is 11.1 Å². The average molecular weight is 327 g/mol. The molecule has 0 fully saturated rings. The molecule has 6 nitrogen and oxygen atoms in total. The normalized spacial score (nSPS) is 10.5. The maximum atomic E-state index is 12.5. The zero-order valence-corrected chi connectivity index (χ0v) is 12.5. The van der Waals surface area contributed by atoms with Crippen LogP contribution in [0.4, 0.5) is 5.82 Å². The standard InChI is InChI=1S/C16H11ClN4O2/c17-11-7-6-10(9-3-2-8-19-14(9)11)16(23)21-13-5-1-4-12(20-13)15(18)22/h1-8H,(H2,18,22)(H,20,21,23). The van der Waals surface area contributed by atoms with E-state index in [2.05, 4.69) is 15.3 Å². The number of rotatable bonds is 3. The Labute approximate surface area is 136 Å². The van der Waals surface area contributed by atoms with Crippen molar-refractivity contribution in [2.75, 3.05) is 5.32 Å². The second kappa shape index (κ2) is 6.02. The summed E-state index contributed by atoms with van der Waals surface area (Å²) in [4.78, 5) is 31.8. The molecule has 0 atom stereocenters. The number of primary amides is 1. The molecule has 0 bridgehead atoms. The monoisotopic (exact) mass is 326 g/mol. The average Bonchev–Trinajstić information content (AvgIpc) is 2.55. The second-order valence-electron chi connectivity index (χ2n) is 4.72. The van der Waals surface area contributed by atoms with Gasteiger partial charge in [0, 0.05) is 17.1 Å². The van der Waals surface area contributed by atoms with Crippen molar-refractivity contribution in [1.29, 1.82) is 0 Å². The molecule has 0 saturated heterocycles. The van der Waals surface area contributed by atoms with Crippen LogP contribution in [0, 0.1) is 0 Å². The highest BCUT2D eigenvalue weighted by molar-refractivity contribution is 6.35. The molecule has 0 radical (unpaired) electrons. The summed E-state index contributed by atoms with van der Waals surface area (Å²) in [6, 6.07) is 11.3. The van der Waals surface area contributed by atoms with E-state index in [9.17, 15) is 9.59 Å². The van der Waals surface area contributed by atoms with Crippen LogP contribution in [-0.4, -0.2) is 21.8 Å². The number of amides is 2. The number of nitrogens with zero attached hydrogens (tertiary/aromatic N) is 2. The van der Waals surface area contributed by atoms with Gasteiger partial charge < -0.3 is 11.1 Å². The molecule has 0 aliphatic rings. The quantitative estimate of drug-likeness (QED) is 0.773. The Morgan fingerprint density at radius 3 is 2.70 bits per heavy atom. The first-order valence-electron chi connectivity index (χ1n) is 6.67. The predicted molar refractivity (Wildman–Crippen MR) is 87.5 cm³/mol. The van der Waals surface area contributed by atoms with E-state index in [4.69, 9.17) is 17.3 Å². The number of aromatic nitrogens is 2. The van der Waals surface area contributed by atoms with E-state index in [1.54, 1.807) is 42.6 Å². The second-order valence-corrected chi connectivity index (χ2v) is 5.13. The number of pyridine rings is 2. The summed E-state index contributed by atoms with van der Waals surface area (Å²) in [6.07, 6.45) is 1.60. The van der Waals surface area contributed by atoms with Crippen LogP contribution in [0.2, 0.25) is 5.02 Å². The third kappa shape index (κ3) is 2.97. The fourth-order valence-electron chi connectivity index (χ4n) is 2.16. The van der Waals surface area contributed by atoms with E-state index < -0.39 is 5.91 Å². The van der Waals surface area contributed by atoms with Crippen molar-refractivity contribution in [3.63, 3.8) is 0 Å². The summed E-state index contributed by atoms with van der Waals surface area (Å²) in [6.45, 7) is 0. The number of fused-ring (bicyclic) bond motifs is 1. The van der Waals surface area contributed by atoms with Gasteiger partial charge >= 0.3 is 0 Å². The van der Waals surface area contributed by atoms with Crippen LogP contribution in [0.15, 0.2) is 48.7 Å². The molecule has 0 aliphatic carbocycles. The van der Waals surface area contributed by atoms with Crippen molar-refractivity contribution >= 4 is 40.1 Å². The largest absolute Gasteiger partial charge is 0.364 e. The molecular weight excluding hydrogens is 316 g/mol. The van der Waals surface area contributed by atoms with Gasteiger partial charge in [-0.25, -0.2) is 4.98 Å². The molecule has 114 valence electrons. The number of nitrogens with two attached hydrogens (primary N) is 1. The maximum absolute atomic E-state index is 12.5. The first kappa shape index (κ1) is 14.9. The summed E-state index contributed by atoms with van der Waals surface area (Å²) in [5.74, 6) is -0.811. The van der Waals surface area contributed by atoms with E-state index in [-0.39, 0.29) is 17.4 Å². The van der Waals surface area contributed by atoms with E-state index >= 15 is 0 Å². The molecule has 0 saturated carbocycles. The van der Waals surface area contributed by atoms with Crippen molar-refractivity contribution in [3.05, 3.63) is 64.9 Å². The lowest BCUT2D eigenvalue weighted by molar-refractivity contribution is 0.0991. The molecule has 2 amide bonds. The molecule has 0 spiro atoms.